The fourth-order valence-corrected chi connectivity index (χ4v) is 2.58. The van der Waals surface area contributed by atoms with Crippen LogP contribution in [0.3, 0.4) is 0 Å². The van der Waals surface area contributed by atoms with E-state index in [-0.39, 0.29) is 0 Å². The van der Waals surface area contributed by atoms with E-state index in [1.165, 1.54) is 0 Å². The third-order valence-electron chi connectivity index (χ3n) is 2.82. The molecule has 5 heteroatoms. The summed E-state index contributed by atoms with van der Waals surface area (Å²) in [5, 5.41) is 4.10. The number of halogens is 1. The van der Waals surface area contributed by atoms with E-state index in [2.05, 4.69) is 32.7 Å². The highest BCUT2D eigenvalue weighted by Crippen LogP contribution is 2.37. The molecule has 1 aromatic carbocycles. The van der Waals surface area contributed by atoms with Crippen molar-refractivity contribution in [3.63, 3.8) is 0 Å². The molecule has 0 aliphatic carbocycles. The Morgan fingerprint density at radius 2 is 1.79 bits per heavy atom. The maximum Gasteiger partial charge on any atom is 0.230 e. The molecule has 4 nitrogen and oxygen atoms in total. The van der Waals surface area contributed by atoms with Gasteiger partial charge in [0.1, 0.15) is 5.69 Å². The molecule has 2 aromatic heterocycles. The fourth-order valence-electron chi connectivity index (χ4n) is 1.94. The molecule has 0 aliphatic heterocycles. The molecule has 0 spiro atoms. The van der Waals surface area contributed by atoms with Crippen LogP contribution < -0.4 is 5.73 Å². The Hall–Kier alpha value is -1.89. The maximum absolute atomic E-state index is 5.91. The van der Waals surface area contributed by atoms with Crippen LogP contribution in [0.25, 0.3) is 22.4 Å². The van der Waals surface area contributed by atoms with Crippen LogP contribution in [0.15, 0.2) is 53.3 Å². The summed E-state index contributed by atoms with van der Waals surface area (Å²) in [6.07, 6.45) is 3.45. The number of aromatic nitrogens is 2. The summed E-state index contributed by atoms with van der Waals surface area (Å²) < 4.78 is 6.26. The second kappa shape index (κ2) is 5.00. The van der Waals surface area contributed by atoms with Gasteiger partial charge in [0, 0.05) is 21.5 Å². The predicted molar refractivity (Wildman–Crippen MR) is 82.3 cm³/mol. The summed E-state index contributed by atoms with van der Waals surface area (Å²) in [4.78, 5) is 4.01. The van der Waals surface area contributed by atoms with Crippen LogP contribution in [-0.2, 0) is 0 Å². The molecule has 3 aromatic rings. The van der Waals surface area contributed by atoms with Crippen LogP contribution in [0.2, 0.25) is 0 Å². The SMILES string of the molecule is Nc1onc(-c2ccccc2I)c1-c1ccncc1. The molecule has 2 heterocycles. The van der Waals surface area contributed by atoms with Crippen LogP contribution in [0, 0.1) is 3.57 Å². The van der Waals surface area contributed by atoms with Gasteiger partial charge < -0.3 is 10.3 Å². The molecular formula is C14H10IN3O. The van der Waals surface area contributed by atoms with Gasteiger partial charge in [-0.25, -0.2) is 0 Å². The van der Waals surface area contributed by atoms with Crippen LogP contribution in [0.4, 0.5) is 5.88 Å². The van der Waals surface area contributed by atoms with Gasteiger partial charge in [0.15, 0.2) is 0 Å². The lowest BCUT2D eigenvalue weighted by Crippen LogP contribution is -1.89. The van der Waals surface area contributed by atoms with Gasteiger partial charge in [0.05, 0.1) is 5.56 Å². The first-order valence-corrected chi connectivity index (χ1v) is 6.75. The summed E-state index contributed by atoms with van der Waals surface area (Å²) in [5.41, 5.74) is 9.44. The molecule has 3 rings (SSSR count). The van der Waals surface area contributed by atoms with E-state index >= 15 is 0 Å². The summed E-state index contributed by atoms with van der Waals surface area (Å²) in [6, 6.07) is 11.8. The van der Waals surface area contributed by atoms with Gasteiger partial charge in [-0.3, -0.25) is 4.98 Å². The number of pyridine rings is 1. The zero-order valence-electron chi connectivity index (χ0n) is 9.88. The molecule has 0 radical (unpaired) electrons. The second-order valence-corrected chi connectivity index (χ2v) is 5.15. The van der Waals surface area contributed by atoms with Crippen LogP contribution in [0.1, 0.15) is 0 Å². The van der Waals surface area contributed by atoms with E-state index in [0.717, 1.165) is 26.0 Å². The van der Waals surface area contributed by atoms with Gasteiger partial charge in [-0.05, 0) is 46.4 Å². The number of rotatable bonds is 2. The molecule has 0 saturated carbocycles. The third-order valence-corrected chi connectivity index (χ3v) is 3.76. The molecule has 19 heavy (non-hydrogen) atoms. The Morgan fingerprint density at radius 3 is 2.53 bits per heavy atom. The number of hydrogen-bond acceptors (Lipinski definition) is 4. The molecule has 0 atom stereocenters. The molecule has 0 bridgehead atoms. The summed E-state index contributed by atoms with van der Waals surface area (Å²) in [7, 11) is 0. The molecule has 0 aliphatic rings. The minimum absolute atomic E-state index is 0.320. The summed E-state index contributed by atoms with van der Waals surface area (Å²) in [6.45, 7) is 0. The van der Waals surface area contributed by atoms with Crippen molar-refractivity contribution in [3.8, 4) is 22.4 Å². The van der Waals surface area contributed by atoms with Gasteiger partial charge in [0.2, 0.25) is 5.88 Å². The fraction of sp³-hybridized carbons (Fsp3) is 0. The lowest BCUT2D eigenvalue weighted by Gasteiger charge is -2.04. The van der Waals surface area contributed by atoms with Crippen molar-refractivity contribution in [1.82, 2.24) is 10.1 Å². The highest BCUT2D eigenvalue weighted by molar-refractivity contribution is 14.1. The normalized spacial score (nSPS) is 10.6. The van der Waals surface area contributed by atoms with Crippen molar-refractivity contribution in [2.24, 2.45) is 0 Å². The lowest BCUT2D eigenvalue weighted by molar-refractivity contribution is 0.439. The van der Waals surface area contributed by atoms with Gasteiger partial charge in [0.25, 0.3) is 0 Å². The lowest BCUT2D eigenvalue weighted by atomic mass is 10.0. The molecule has 0 unspecified atom stereocenters. The van der Waals surface area contributed by atoms with Crippen molar-refractivity contribution in [1.29, 1.82) is 0 Å². The Balaban J connectivity index is 2.23. The van der Waals surface area contributed by atoms with Crippen LogP contribution in [-0.4, -0.2) is 10.1 Å². The maximum atomic E-state index is 5.91. The number of anilines is 1. The average Bonchev–Trinajstić information content (AvgIpc) is 2.82. The van der Waals surface area contributed by atoms with Crippen LogP contribution >= 0.6 is 22.6 Å². The number of nitrogen functional groups attached to an aromatic ring is 1. The van der Waals surface area contributed by atoms with Crippen molar-refractivity contribution in [2.45, 2.75) is 0 Å². The number of benzene rings is 1. The third kappa shape index (κ3) is 2.21. The highest BCUT2D eigenvalue weighted by atomic mass is 127. The van der Waals surface area contributed by atoms with Crippen molar-refractivity contribution >= 4 is 28.5 Å². The average molecular weight is 363 g/mol. The first-order chi connectivity index (χ1) is 9.27. The first kappa shape index (κ1) is 12.2. The number of hydrogen-bond donors (Lipinski definition) is 1. The second-order valence-electron chi connectivity index (χ2n) is 3.99. The minimum Gasteiger partial charge on any atom is -0.367 e. The standard InChI is InChI=1S/C14H10IN3O/c15-11-4-2-1-3-10(11)13-12(14(16)19-18-13)9-5-7-17-8-6-9/h1-8H,16H2. The number of nitrogens with zero attached hydrogens (tertiary/aromatic N) is 2. The van der Waals surface area contributed by atoms with Crippen molar-refractivity contribution in [3.05, 3.63) is 52.4 Å². The summed E-state index contributed by atoms with van der Waals surface area (Å²) in [5.74, 6) is 0.320. The molecule has 0 saturated heterocycles. The van der Waals surface area contributed by atoms with E-state index in [1.807, 2.05) is 36.4 Å². The predicted octanol–water partition coefficient (Wildman–Crippen LogP) is 3.59. The van der Waals surface area contributed by atoms with E-state index in [1.54, 1.807) is 12.4 Å². The topological polar surface area (TPSA) is 64.9 Å². The Labute approximate surface area is 123 Å². The Morgan fingerprint density at radius 1 is 1.05 bits per heavy atom. The first-order valence-electron chi connectivity index (χ1n) is 5.68. The van der Waals surface area contributed by atoms with Gasteiger partial charge in [-0.15, -0.1) is 0 Å². The van der Waals surface area contributed by atoms with Crippen LogP contribution in [0.5, 0.6) is 0 Å². The molecule has 0 fully saturated rings. The van der Waals surface area contributed by atoms with Gasteiger partial charge >= 0.3 is 0 Å². The van der Waals surface area contributed by atoms with E-state index < -0.39 is 0 Å². The molecule has 2 N–H and O–H groups in total. The molecule has 94 valence electrons. The smallest absolute Gasteiger partial charge is 0.230 e. The van der Waals surface area contributed by atoms with E-state index in [0.29, 0.717) is 5.88 Å². The van der Waals surface area contributed by atoms with Crippen molar-refractivity contribution in [2.75, 3.05) is 5.73 Å². The highest BCUT2D eigenvalue weighted by Gasteiger charge is 2.18. The quantitative estimate of drug-likeness (QED) is 0.707. The largest absolute Gasteiger partial charge is 0.367 e. The summed E-state index contributed by atoms with van der Waals surface area (Å²) >= 11 is 2.27. The van der Waals surface area contributed by atoms with E-state index in [4.69, 9.17) is 10.3 Å². The minimum atomic E-state index is 0.320. The Kier molecular flexibility index (Phi) is 3.20. The van der Waals surface area contributed by atoms with Gasteiger partial charge in [-0.2, -0.15) is 0 Å². The molecule has 0 amide bonds. The van der Waals surface area contributed by atoms with Crippen molar-refractivity contribution < 1.29 is 4.52 Å². The molecular weight excluding hydrogens is 353 g/mol. The zero-order valence-corrected chi connectivity index (χ0v) is 12.0. The Bertz CT molecular complexity index is 710. The van der Waals surface area contributed by atoms with Gasteiger partial charge in [-0.1, -0.05) is 23.4 Å². The zero-order chi connectivity index (χ0) is 13.2. The monoisotopic (exact) mass is 363 g/mol. The number of nitrogens with two attached hydrogens (primary N) is 1. The van der Waals surface area contributed by atoms with E-state index in [9.17, 15) is 0 Å².